The monoisotopic (exact) mass is 361 g/mol. The Morgan fingerprint density at radius 1 is 1.12 bits per heavy atom. The van der Waals surface area contributed by atoms with Crippen molar-refractivity contribution in [2.45, 2.75) is 25.3 Å². The third kappa shape index (κ3) is 3.72. The number of benzene rings is 2. The average molecular weight is 362 g/mol. The van der Waals surface area contributed by atoms with Crippen molar-refractivity contribution in [1.29, 1.82) is 0 Å². The van der Waals surface area contributed by atoms with Gasteiger partial charge in [-0.2, -0.15) is 4.31 Å². The molecule has 0 bridgehead atoms. The van der Waals surface area contributed by atoms with Crippen LogP contribution < -0.4 is 0 Å². The fourth-order valence-electron chi connectivity index (χ4n) is 3.12. The van der Waals surface area contributed by atoms with Gasteiger partial charge in [0.15, 0.2) is 0 Å². The van der Waals surface area contributed by atoms with Crippen molar-refractivity contribution in [2.75, 3.05) is 7.05 Å². The molecular formula is C19H20ClNO2S. The van der Waals surface area contributed by atoms with E-state index < -0.39 is 10.0 Å². The summed E-state index contributed by atoms with van der Waals surface area (Å²) in [7, 11) is -1.83. The Morgan fingerprint density at radius 2 is 1.83 bits per heavy atom. The molecule has 0 N–H and O–H groups in total. The van der Waals surface area contributed by atoms with Crippen LogP contribution in [0.5, 0.6) is 0 Å². The normalized spacial score (nSPS) is 18.0. The molecule has 0 radical (unpaired) electrons. The number of hydrogen-bond acceptors (Lipinski definition) is 2. The number of nitrogens with zero attached hydrogens (tertiary/aromatic N) is 1. The molecule has 0 aliphatic heterocycles. The van der Waals surface area contributed by atoms with Crippen molar-refractivity contribution in [3.05, 3.63) is 75.7 Å². The minimum absolute atomic E-state index is 0.102. The summed E-state index contributed by atoms with van der Waals surface area (Å²) in [6, 6.07) is 15.1. The molecule has 126 valence electrons. The van der Waals surface area contributed by atoms with E-state index in [1.54, 1.807) is 37.4 Å². The van der Waals surface area contributed by atoms with E-state index in [1.165, 1.54) is 15.3 Å². The van der Waals surface area contributed by atoms with E-state index in [2.05, 4.69) is 6.07 Å². The molecule has 0 amide bonds. The maximum atomic E-state index is 12.7. The van der Waals surface area contributed by atoms with Gasteiger partial charge in [0.2, 0.25) is 10.0 Å². The first-order valence-electron chi connectivity index (χ1n) is 7.97. The Bertz CT molecular complexity index is 844. The van der Waals surface area contributed by atoms with E-state index >= 15 is 0 Å². The first kappa shape index (κ1) is 17.2. The lowest BCUT2D eigenvalue weighted by Gasteiger charge is -2.31. The number of rotatable bonds is 4. The highest BCUT2D eigenvalue weighted by Crippen LogP contribution is 2.35. The summed E-state index contributed by atoms with van der Waals surface area (Å²) in [5, 5.41) is 1.90. The number of halogens is 1. The Hall–Kier alpha value is -1.62. The van der Waals surface area contributed by atoms with Gasteiger partial charge in [0.1, 0.15) is 0 Å². The van der Waals surface area contributed by atoms with Crippen LogP contribution in [0.25, 0.3) is 6.08 Å². The van der Waals surface area contributed by atoms with Gasteiger partial charge in [0.25, 0.3) is 0 Å². The Kier molecular flexibility index (Phi) is 5.09. The highest BCUT2D eigenvalue weighted by Gasteiger charge is 2.29. The largest absolute Gasteiger partial charge is 0.236 e. The molecule has 3 rings (SSSR count). The second kappa shape index (κ2) is 7.09. The topological polar surface area (TPSA) is 37.4 Å². The number of aryl methyl sites for hydroxylation is 1. The van der Waals surface area contributed by atoms with E-state index in [0.717, 1.165) is 30.4 Å². The van der Waals surface area contributed by atoms with Crippen molar-refractivity contribution in [3.8, 4) is 0 Å². The molecule has 0 heterocycles. The lowest BCUT2D eigenvalue weighted by atomic mass is 9.88. The van der Waals surface area contributed by atoms with Gasteiger partial charge in [-0.3, -0.25) is 0 Å². The van der Waals surface area contributed by atoms with Crippen LogP contribution in [0.1, 0.15) is 35.6 Å². The smallest absolute Gasteiger partial charge is 0.207 e. The van der Waals surface area contributed by atoms with Gasteiger partial charge in [-0.15, -0.1) is 0 Å². The molecule has 0 saturated heterocycles. The average Bonchev–Trinajstić information content (AvgIpc) is 2.60. The molecule has 0 unspecified atom stereocenters. The molecule has 2 aromatic carbocycles. The van der Waals surface area contributed by atoms with E-state index in [0.29, 0.717) is 5.02 Å². The molecule has 3 nitrogen and oxygen atoms in total. The maximum absolute atomic E-state index is 12.7. The molecule has 24 heavy (non-hydrogen) atoms. The SMILES string of the molecule is CN([C@@H]1CCCc2ccccc21)S(=O)(=O)/C=C/c1ccc(Cl)cc1. The van der Waals surface area contributed by atoms with Crippen molar-refractivity contribution in [1.82, 2.24) is 4.31 Å². The maximum Gasteiger partial charge on any atom is 0.236 e. The van der Waals surface area contributed by atoms with Gasteiger partial charge in [0, 0.05) is 23.5 Å². The zero-order valence-corrected chi connectivity index (χ0v) is 15.1. The van der Waals surface area contributed by atoms with Crippen molar-refractivity contribution >= 4 is 27.7 Å². The summed E-state index contributed by atoms with van der Waals surface area (Å²) in [5.74, 6) is 0. The number of sulfonamides is 1. The van der Waals surface area contributed by atoms with Crippen molar-refractivity contribution in [2.24, 2.45) is 0 Å². The highest BCUT2D eigenvalue weighted by molar-refractivity contribution is 7.92. The summed E-state index contributed by atoms with van der Waals surface area (Å²) < 4.78 is 26.9. The fraction of sp³-hybridized carbons (Fsp3) is 0.263. The Balaban J connectivity index is 1.84. The van der Waals surface area contributed by atoms with Gasteiger partial charge < -0.3 is 0 Å². The van der Waals surface area contributed by atoms with Crippen LogP contribution in [-0.2, 0) is 16.4 Å². The van der Waals surface area contributed by atoms with Crippen LogP contribution in [0.15, 0.2) is 53.9 Å². The minimum atomic E-state index is -3.49. The predicted molar refractivity (Wildman–Crippen MR) is 99.3 cm³/mol. The van der Waals surface area contributed by atoms with Crippen molar-refractivity contribution in [3.63, 3.8) is 0 Å². The minimum Gasteiger partial charge on any atom is -0.207 e. The molecule has 0 spiro atoms. The van der Waals surface area contributed by atoms with Crippen LogP contribution in [-0.4, -0.2) is 19.8 Å². The van der Waals surface area contributed by atoms with Crippen LogP contribution in [0.3, 0.4) is 0 Å². The van der Waals surface area contributed by atoms with Gasteiger partial charge in [-0.25, -0.2) is 8.42 Å². The third-order valence-electron chi connectivity index (χ3n) is 4.48. The van der Waals surface area contributed by atoms with E-state index in [4.69, 9.17) is 11.6 Å². The fourth-order valence-corrected chi connectivity index (χ4v) is 4.34. The summed E-state index contributed by atoms with van der Waals surface area (Å²) in [5.41, 5.74) is 3.17. The third-order valence-corrected chi connectivity index (χ3v) is 6.27. The highest BCUT2D eigenvalue weighted by atomic mass is 35.5. The van der Waals surface area contributed by atoms with Gasteiger partial charge >= 0.3 is 0 Å². The number of fused-ring (bicyclic) bond motifs is 1. The summed E-state index contributed by atoms with van der Waals surface area (Å²) in [6.07, 6.45) is 4.47. The van der Waals surface area contributed by atoms with Crippen LogP contribution in [0.4, 0.5) is 0 Å². The van der Waals surface area contributed by atoms with Gasteiger partial charge in [0.05, 0.1) is 0 Å². The summed E-state index contributed by atoms with van der Waals surface area (Å²) >= 11 is 5.85. The van der Waals surface area contributed by atoms with Gasteiger partial charge in [-0.1, -0.05) is 48.0 Å². The van der Waals surface area contributed by atoms with E-state index in [-0.39, 0.29) is 6.04 Å². The van der Waals surface area contributed by atoms with Crippen molar-refractivity contribution < 1.29 is 8.42 Å². The first-order chi connectivity index (χ1) is 11.5. The molecule has 1 aliphatic rings. The van der Waals surface area contributed by atoms with Crippen LogP contribution in [0.2, 0.25) is 5.02 Å². The second-order valence-electron chi connectivity index (χ2n) is 6.02. The van der Waals surface area contributed by atoms with E-state index in [1.807, 2.05) is 18.2 Å². The zero-order chi connectivity index (χ0) is 17.2. The molecule has 0 aromatic heterocycles. The molecule has 0 fully saturated rings. The van der Waals surface area contributed by atoms with Gasteiger partial charge in [-0.05, 0) is 54.2 Å². The van der Waals surface area contributed by atoms with Crippen LogP contribution in [0, 0.1) is 0 Å². The molecule has 2 aromatic rings. The summed E-state index contributed by atoms with van der Waals surface area (Å²) in [4.78, 5) is 0. The van der Waals surface area contributed by atoms with Crippen LogP contribution >= 0.6 is 11.6 Å². The second-order valence-corrected chi connectivity index (χ2v) is 8.34. The molecule has 1 aliphatic carbocycles. The standard InChI is InChI=1S/C19H20ClNO2S/c1-21(19-8-4-6-16-5-2-3-7-18(16)19)24(22,23)14-13-15-9-11-17(20)12-10-15/h2-3,5,7,9-14,19H,4,6,8H2,1H3/b14-13+/t19-/m1/s1. The molecular weight excluding hydrogens is 342 g/mol. The Labute approximate surface area is 148 Å². The lowest BCUT2D eigenvalue weighted by Crippen LogP contribution is -2.32. The zero-order valence-electron chi connectivity index (χ0n) is 13.5. The lowest BCUT2D eigenvalue weighted by molar-refractivity contribution is 0.341. The quantitative estimate of drug-likeness (QED) is 0.794. The molecule has 1 atom stereocenters. The summed E-state index contributed by atoms with van der Waals surface area (Å²) in [6.45, 7) is 0. The number of hydrogen-bond donors (Lipinski definition) is 0. The van der Waals surface area contributed by atoms with E-state index in [9.17, 15) is 8.42 Å². The molecule has 0 saturated carbocycles. The predicted octanol–water partition coefficient (Wildman–Crippen LogP) is 4.65. The Morgan fingerprint density at radius 3 is 2.58 bits per heavy atom. The first-order valence-corrected chi connectivity index (χ1v) is 9.85. The molecule has 5 heteroatoms.